The van der Waals surface area contributed by atoms with Gasteiger partial charge in [0.1, 0.15) is 11.6 Å². The predicted octanol–water partition coefficient (Wildman–Crippen LogP) is 3.46. The second-order valence-electron chi connectivity index (χ2n) is 6.10. The Labute approximate surface area is 116 Å². The number of alkyl halides is 3. The average molecular weight is 288 g/mol. The molecule has 4 nitrogen and oxygen atoms in total. The van der Waals surface area contributed by atoms with Crippen LogP contribution in [0.1, 0.15) is 45.4 Å². The minimum atomic E-state index is -4.59. The van der Waals surface area contributed by atoms with Crippen molar-refractivity contribution >= 4 is 11.6 Å². The first kappa shape index (κ1) is 14.9. The molecule has 1 aliphatic carbocycles. The molecule has 1 aromatic rings. The van der Waals surface area contributed by atoms with E-state index in [1.54, 1.807) is 0 Å². The monoisotopic (exact) mass is 288 g/mol. The number of aromatic nitrogens is 2. The van der Waals surface area contributed by atoms with E-state index in [9.17, 15) is 13.2 Å². The molecule has 112 valence electrons. The van der Waals surface area contributed by atoms with E-state index in [0.29, 0.717) is 0 Å². The number of anilines is 2. The van der Waals surface area contributed by atoms with Gasteiger partial charge in [-0.1, -0.05) is 20.3 Å². The normalized spacial score (nSPS) is 22.6. The van der Waals surface area contributed by atoms with Crippen LogP contribution in [0.5, 0.6) is 0 Å². The molecule has 1 atom stereocenters. The maximum absolute atomic E-state index is 12.6. The van der Waals surface area contributed by atoms with E-state index in [2.05, 4.69) is 29.1 Å². The molecule has 1 aliphatic rings. The van der Waals surface area contributed by atoms with Gasteiger partial charge in [0.2, 0.25) is 5.82 Å². The van der Waals surface area contributed by atoms with Crippen LogP contribution in [0.2, 0.25) is 0 Å². The third-order valence-corrected chi connectivity index (χ3v) is 3.56. The summed E-state index contributed by atoms with van der Waals surface area (Å²) in [5.74, 6) is -1.23. The van der Waals surface area contributed by atoms with Crippen molar-refractivity contribution in [2.45, 2.75) is 51.7 Å². The lowest BCUT2D eigenvalue weighted by molar-refractivity contribution is -0.144. The number of hydrogen-bond acceptors (Lipinski definition) is 4. The molecule has 0 radical (unpaired) electrons. The van der Waals surface area contributed by atoms with Crippen LogP contribution in [-0.2, 0) is 6.18 Å². The molecule has 1 saturated carbocycles. The molecule has 0 saturated heterocycles. The zero-order chi connectivity index (χ0) is 15.0. The van der Waals surface area contributed by atoms with Crippen LogP contribution >= 0.6 is 0 Å². The largest absolute Gasteiger partial charge is 0.451 e. The van der Waals surface area contributed by atoms with Crippen LogP contribution in [0.25, 0.3) is 0 Å². The fourth-order valence-corrected chi connectivity index (χ4v) is 2.70. The Kier molecular flexibility index (Phi) is 3.80. The minimum absolute atomic E-state index is 0.120. The van der Waals surface area contributed by atoms with Gasteiger partial charge in [-0.15, -0.1) is 0 Å². The van der Waals surface area contributed by atoms with Gasteiger partial charge >= 0.3 is 6.18 Å². The molecule has 1 aromatic heterocycles. The number of nitrogens with zero attached hydrogens (tertiary/aromatic N) is 2. The van der Waals surface area contributed by atoms with Crippen molar-refractivity contribution in [1.82, 2.24) is 9.97 Å². The Morgan fingerprint density at radius 3 is 2.65 bits per heavy atom. The van der Waals surface area contributed by atoms with E-state index in [-0.39, 0.29) is 23.1 Å². The smallest absolute Gasteiger partial charge is 0.384 e. The second-order valence-corrected chi connectivity index (χ2v) is 6.10. The Morgan fingerprint density at radius 2 is 2.05 bits per heavy atom. The molecule has 3 N–H and O–H groups in total. The van der Waals surface area contributed by atoms with Gasteiger partial charge in [0.25, 0.3) is 0 Å². The maximum Gasteiger partial charge on any atom is 0.451 e. The first-order chi connectivity index (χ1) is 9.16. The molecular formula is C13H19F3N4. The molecule has 1 heterocycles. The van der Waals surface area contributed by atoms with Gasteiger partial charge < -0.3 is 11.1 Å². The van der Waals surface area contributed by atoms with Gasteiger partial charge in [-0.3, -0.25) is 0 Å². The van der Waals surface area contributed by atoms with Crippen LogP contribution in [-0.4, -0.2) is 16.0 Å². The summed E-state index contributed by atoms with van der Waals surface area (Å²) in [7, 11) is 0. The summed E-state index contributed by atoms with van der Waals surface area (Å²) in [6, 6.07) is 1.46. The maximum atomic E-state index is 12.6. The van der Waals surface area contributed by atoms with E-state index in [0.717, 1.165) is 25.7 Å². The highest BCUT2D eigenvalue weighted by molar-refractivity contribution is 5.45. The Bertz CT molecular complexity index is 485. The number of rotatable bonds is 2. The minimum Gasteiger partial charge on any atom is -0.384 e. The molecule has 0 amide bonds. The van der Waals surface area contributed by atoms with E-state index in [4.69, 9.17) is 5.73 Å². The average Bonchev–Trinajstić information content (AvgIpc) is 2.25. The highest BCUT2D eigenvalue weighted by atomic mass is 19.4. The van der Waals surface area contributed by atoms with Crippen LogP contribution in [0.4, 0.5) is 24.8 Å². The summed E-state index contributed by atoms with van der Waals surface area (Å²) in [6.45, 7) is 4.33. The van der Waals surface area contributed by atoms with Crippen molar-refractivity contribution in [3.05, 3.63) is 11.9 Å². The Hall–Kier alpha value is -1.53. The molecule has 0 bridgehead atoms. The molecule has 0 aromatic carbocycles. The highest BCUT2D eigenvalue weighted by Crippen LogP contribution is 2.36. The highest BCUT2D eigenvalue weighted by Gasteiger charge is 2.35. The quantitative estimate of drug-likeness (QED) is 0.874. The lowest BCUT2D eigenvalue weighted by atomic mass is 9.75. The van der Waals surface area contributed by atoms with Crippen LogP contribution in [0.15, 0.2) is 6.07 Å². The molecule has 7 heteroatoms. The van der Waals surface area contributed by atoms with Gasteiger partial charge in [0.05, 0.1) is 0 Å². The van der Waals surface area contributed by atoms with E-state index in [1.807, 2.05) is 0 Å². The Balaban J connectivity index is 2.15. The molecule has 2 rings (SSSR count). The number of nitrogen functional groups attached to an aromatic ring is 1. The van der Waals surface area contributed by atoms with E-state index >= 15 is 0 Å². The second kappa shape index (κ2) is 5.10. The zero-order valence-electron chi connectivity index (χ0n) is 11.6. The summed E-state index contributed by atoms with van der Waals surface area (Å²) < 4.78 is 37.9. The molecule has 1 fully saturated rings. The SMILES string of the molecule is CC1(C)CCCC(Nc2cc(N)nc(C(F)(F)F)n2)C1. The van der Waals surface area contributed by atoms with Gasteiger partial charge in [-0.05, 0) is 24.7 Å². The topological polar surface area (TPSA) is 63.8 Å². The molecule has 0 spiro atoms. The van der Waals surface area contributed by atoms with Crippen molar-refractivity contribution in [2.75, 3.05) is 11.1 Å². The standard InChI is InChI=1S/C13H19F3N4/c1-12(2)5-3-4-8(7-12)18-10-6-9(17)19-11(20-10)13(14,15)16/h6,8H,3-5,7H2,1-2H3,(H3,17,18,19,20). The Morgan fingerprint density at radius 1 is 1.35 bits per heavy atom. The number of hydrogen-bond donors (Lipinski definition) is 2. The summed E-state index contributed by atoms with van der Waals surface area (Å²) >= 11 is 0. The lowest BCUT2D eigenvalue weighted by Gasteiger charge is -2.35. The van der Waals surface area contributed by atoms with Crippen molar-refractivity contribution in [2.24, 2.45) is 5.41 Å². The summed E-state index contributed by atoms with van der Waals surface area (Å²) in [5, 5.41) is 3.06. The predicted molar refractivity (Wildman–Crippen MR) is 71.1 cm³/mol. The fraction of sp³-hybridized carbons (Fsp3) is 0.692. The van der Waals surface area contributed by atoms with Gasteiger partial charge in [0.15, 0.2) is 0 Å². The third-order valence-electron chi connectivity index (χ3n) is 3.56. The first-order valence-electron chi connectivity index (χ1n) is 6.64. The van der Waals surface area contributed by atoms with Crippen molar-refractivity contribution in [3.63, 3.8) is 0 Å². The summed E-state index contributed by atoms with van der Waals surface area (Å²) in [6.07, 6.45) is -0.577. The van der Waals surface area contributed by atoms with E-state index in [1.165, 1.54) is 6.07 Å². The number of nitrogens with one attached hydrogen (secondary N) is 1. The zero-order valence-corrected chi connectivity index (χ0v) is 11.6. The molecule has 20 heavy (non-hydrogen) atoms. The summed E-state index contributed by atoms with van der Waals surface area (Å²) in [5.41, 5.74) is 5.62. The van der Waals surface area contributed by atoms with Gasteiger partial charge in [0, 0.05) is 12.1 Å². The molecule has 0 aliphatic heterocycles. The van der Waals surface area contributed by atoms with Crippen molar-refractivity contribution in [3.8, 4) is 0 Å². The first-order valence-corrected chi connectivity index (χ1v) is 6.64. The van der Waals surface area contributed by atoms with Crippen molar-refractivity contribution < 1.29 is 13.2 Å². The van der Waals surface area contributed by atoms with E-state index < -0.39 is 12.0 Å². The van der Waals surface area contributed by atoms with Gasteiger partial charge in [-0.25, -0.2) is 9.97 Å². The number of halogens is 3. The number of nitrogens with two attached hydrogens (primary N) is 1. The van der Waals surface area contributed by atoms with Crippen LogP contribution in [0, 0.1) is 5.41 Å². The third kappa shape index (κ3) is 3.74. The lowest BCUT2D eigenvalue weighted by Crippen LogP contribution is -2.32. The van der Waals surface area contributed by atoms with Crippen LogP contribution < -0.4 is 11.1 Å². The van der Waals surface area contributed by atoms with Gasteiger partial charge in [-0.2, -0.15) is 13.2 Å². The van der Waals surface area contributed by atoms with Crippen molar-refractivity contribution in [1.29, 1.82) is 0 Å². The fourth-order valence-electron chi connectivity index (χ4n) is 2.70. The summed E-state index contributed by atoms with van der Waals surface area (Å²) in [4.78, 5) is 6.75. The van der Waals surface area contributed by atoms with Crippen LogP contribution in [0.3, 0.4) is 0 Å². The molecule has 1 unspecified atom stereocenters. The molecular weight excluding hydrogens is 269 g/mol.